The monoisotopic (exact) mass is 270 g/mol. The molecule has 3 N–H and O–H groups in total. The average molecular weight is 270 g/mol. The zero-order valence-corrected chi connectivity index (χ0v) is 10.9. The number of carbonyl (C=O) groups excluding carboxylic acids is 1. The highest BCUT2D eigenvalue weighted by molar-refractivity contribution is 6.01. The Labute approximate surface area is 116 Å². The fourth-order valence-electron chi connectivity index (χ4n) is 2.25. The Morgan fingerprint density at radius 1 is 1.15 bits per heavy atom. The first kappa shape index (κ1) is 12.3. The first-order chi connectivity index (χ1) is 9.69. The van der Waals surface area contributed by atoms with Gasteiger partial charge in [0.05, 0.1) is 12.7 Å². The first-order valence-corrected chi connectivity index (χ1v) is 6.22. The molecule has 20 heavy (non-hydrogen) atoms. The Morgan fingerprint density at radius 2 is 1.95 bits per heavy atom. The summed E-state index contributed by atoms with van der Waals surface area (Å²) in [5, 5.41) is 15.7. The number of methoxy groups -OCH3 is 1. The number of hydrogen-bond acceptors (Lipinski definition) is 4. The van der Waals surface area contributed by atoms with Gasteiger partial charge in [0.15, 0.2) is 11.5 Å². The van der Waals surface area contributed by atoms with Crippen molar-refractivity contribution in [3.8, 4) is 11.5 Å². The van der Waals surface area contributed by atoms with Crippen molar-refractivity contribution in [2.45, 2.75) is 6.17 Å². The molecule has 5 heteroatoms. The van der Waals surface area contributed by atoms with Crippen molar-refractivity contribution in [2.24, 2.45) is 0 Å². The van der Waals surface area contributed by atoms with Crippen molar-refractivity contribution in [1.29, 1.82) is 0 Å². The van der Waals surface area contributed by atoms with Gasteiger partial charge in [-0.1, -0.05) is 18.2 Å². The molecule has 0 radical (unpaired) electrons. The van der Waals surface area contributed by atoms with E-state index in [1.807, 2.05) is 18.2 Å². The van der Waals surface area contributed by atoms with Gasteiger partial charge in [0.1, 0.15) is 6.17 Å². The molecule has 0 fully saturated rings. The van der Waals surface area contributed by atoms with Gasteiger partial charge >= 0.3 is 0 Å². The zero-order valence-electron chi connectivity index (χ0n) is 10.9. The van der Waals surface area contributed by atoms with Gasteiger partial charge in [-0.15, -0.1) is 0 Å². The predicted molar refractivity (Wildman–Crippen MR) is 74.9 cm³/mol. The van der Waals surface area contributed by atoms with Crippen LogP contribution in [0.3, 0.4) is 0 Å². The summed E-state index contributed by atoms with van der Waals surface area (Å²) < 4.78 is 5.08. The first-order valence-electron chi connectivity index (χ1n) is 6.22. The van der Waals surface area contributed by atoms with E-state index in [1.165, 1.54) is 7.11 Å². The van der Waals surface area contributed by atoms with Gasteiger partial charge in [-0.3, -0.25) is 4.79 Å². The zero-order chi connectivity index (χ0) is 14.1. The van der Waals surface area contributed by atoms with E-state index in [0.29, 0.717) is 11.3 Å². The van der Waals surface area contributed by atoms with Crippen LogP contribution in [0.1, 0.15) is 22.1 Å². The van der Waals surface area contributed by atoms with E-state index < -0.39 is 0 Å². The number of benzene rings is 2. The molecule has 0 saturated heterocycles. The summed E-state index contributed by atoms with van der Waals surface area (Å²) in [6, 6.07) is 12.3. The average Bonchev–Trinajstić information content (AvgIpc) is 2.47. The molecule has 2 aromatic carbocycles. The third-order valence-corrected chi connectivity index (χ3v) is 3.28. The number of para-hydroxylation sites is 1. The Morgan fingerprint density at radius 3 is 2.75 bits per heavy atom. The Bertz CT molecular complexity index is 670. The van der Waals surface area contributed by atoms with Crippen LogP contribution >= 0.6 is 0 Å². The maximum atomic E-state index is 12.1. The normalized spacial score (nSPS) is 16.9. The summed E-state index contributed by atoms with van der Waals surface area (Å²) in [6.07, 6.45) is -0.355. The van der Waals surface area contributed by atoms with Gasteiger partial charge in [0.25, 0.3) is 5.91 Å². The van der Waals surface area contributed by atoms with Crippen molar-refractivity contribution in [3.05, 3.63) is 53.6 Å². The van der Waals surface area contributed by atoms with Gasteiger partial charge < -0.3 is 20.5 Å². The number of phenols is 1. The second-order valence-corrected chi connectivity index (χ2v) is 4.53. The highest BCUT2D eigenvalue weighted by Crippen LogP contribution is 2.31. The summed E-state index contributed by atoms with van der Waals surface area (Å²) in [5.74, 6) is 0.313. The largest absolute Gasteiger partial charge is 0.504 e. The lowest BCUT2D eigenvalue weighted by Gasteiger charge is -2.28. The lowest BCUT2D eigenvalue weighted by molar-refractivity contribution is 0.0935. The standard InChI is InChI=1S/C15H14N2O3/c1-20-13-8-9(6-7-12(13)18)14-16-11-5-3-2-4-10(11)15(19)17-14/h2-8,14,16,18H,1H3,(H,17,19)/t14-/m1/s1. The van der Waals surface area contributed by atoms with E-state index in [9.17, 15) is 9.90 Å². The molecule has 102 valence electrons. The van der Waals surface area contributed by atoms with E-state index in [1.54, 1.807) is 24.3 Å². The number of carbonyl (C=O) groups is 1. The minimum atomic E-state index is -0.355. The fourth-order valence-corrected chi connectivity index (χ4v) is 2.25. The topological polar surface area (TPSA) is 70.6 Å². The van der Waals surface area contributed by atoms with Gasteiger partial charge in [-0.05, 0) is 29.8 Å². The van der Waals surface area contributed by atoms with Crippen molar-refractivity contribution < 1.29 is 14.6 Å². The van der Waals surface area contributed by atoms with E-state index >= 15 is 0 Å². The lowest BCUT2D eigenvalue weighted by Crippen LogP contribution is -2.38. The minimum absolute atomic E-state index is 0.0683. The molecule has 1 aliphatic heterocycles. The summed E-state index contributed by atoms with van der Waals surface area (Å²) in [6.45, 7) is 0. The summed E-state index contributed by atoms with van der Waals surface area (Å²) in [5.41, 5.74) is 2.21. The van der Waals surface area contributed by atoms with E-state index in [0.717, 1.165) is 11.3 Å². The Hall–Kier alpha value is -2.69. The molecule has 0 bridgehead atoms. The molecule has 0 unspecified atom stereocenters. The number of phenolic OH excluding ortho intramolecular Hbond substituents is 1. The lowest BCUT2D eigenvalue weighted by atomic mass is 10.1. The van der Waals surface area contributed by atoms with Crippen LogP contribution < -0.4 is 15.4 Å². The highest BCUT2D eigenvalue weighted by Gasteiger charge is 2.24. The van der Waals surface area contributed by atoms with Crippen molar-refractivity contribution in [3.63, 3.8) is 0 Å². The Balaban J connectivity index is 1.95. The number of hydrogen-bond donors (Lipinski definition) is 3. The van der Waals surface area contributed by atoms with Gasteiger partial charge in [0.2, 0.25) is 0 Å². The Kier molecular flexibility index (Phi) is 2.95. The van der Waals surface area contributed by atoms with Gasteiger partial charge in [-0.25, -0.2) is 0 Å². The SMILES string of the molecule is COc1cc([C@H]2NC(=O)c3ccccc3N2)ccc1O. The molecular formula is C15H14N2O3. The van der Waals surface area contributed by atoms with Crippen molar-refractivity contribution >= 4 is 11.6 Å². The predicted octanol–water partition coefficient (Wildman–Crippen LogP) is 2.25. The van der Waals surface area contributed by atoms with E-state index in [2.05, 4.69) is 10.6 Å². The highest BCUT2D eigenvalue weighted by atomic mass is 16.5. The molecule has 3 rings (SSSR count). The molecular weight excluding hydrogens is 256 g/mol. The maximum Gasteiger partial charge on any atom is 0.255 e. The molecule has 1 heterocycles. The number of anilines is 1. The van der Waals surface area contributed by atoms with Crippen LogP contribution in [0.5, 0.6) is 11.5 Å². The van der Waals surface area contributed by atoms with E-state index in [-0.39, 0.29) is 17.8 Å². The number of ether oxygens (including phenoxy) is 1. The summed E-state index contributed by atoms with van der Waals surface area (Å²) in [7, 11) is 1.49. The molecule has 0 spiro atoms. The minimum Gasteiger partial charge on any atom is -0.504 e. The molecule has 1 aliphatic rings. The molecule has 1 amide bonds. The maximum absolute atomic E-state index is 12.1. The number of nitrogens with one attached hydrogen (secondary N) is 2. The summed E-state index contributed by atoms with van der Waals surface area (Å²) >= 11 is 0. The van der Waals surface area contributed by atoms with Crippen LogP contribution in [0.15, 0.2) is 42.5 Å². The number of fused-ring (bicyclic) bond motifs is 1. The van der Waals surface area contributed by atoms with Crippen LogP contribution in [0.2, 0.25) is 0 Å². The van der Waals surface area contributed by atoms with Gasteiger partial charge in [-0.2, -0.15) is 0 Å². The van der Waals surface area contributed by atoms with E-state index in [4.69, 9.17) is 4.74 Å². The van der Waals surface area contributed by atoms with Crippen LogP contribution in [-0.2, 0) is 0 Å². The number of aromatic hydroxyl groups is 1. The molecule has 2 aromatic rings. The summed E-state index contributed by atoms with van der Waals surface area (Å²) in [4.78, 5) is 12.1. The third kappa shape index (κ3) is 2.03. The molecule has 5 nitrogen and oxygen atoms in total. The fraction of sp³-hybridized carbons (Fsp3) is 0.133. The van der Waals surface area contributed by atoms with Crippen molar-refractivity contribution in [1.82, 2.24) is 5.32 Å². The van der Waals surface area contributed by atoms with Gasteiger partial charge in [0, 0.05) is 5.69 Å². The number of amides is 1. The molecule has 0 aliphatic carbocycles. The quantitative estimate of drug-likeness (QED) is 0.782. The third-order valence-electron chi connectivity index (χ3n) is 3.28. The van der Waals surface area contributed by atoms with Crippen LogP contribution in [0.4, 0.5) is 5.69 Å². The molecule has 1 atom stereocenters. The number of rotatable bonds is 2. The molecule has 0 saturated carbocycles. The van der Waals surface area contributed by atoms with Crippen molar-refractivity contribution in [2.75, 3.05) is 12.4 Å². The van der Waals surface area contributed by atoms with Crippen LogP contribution in [-0.4, -0.2) is 18.1 Å². The van der Waals surface area contributed by atoms with Crippen LogP contribution in [0.25, 0.3) is 0 Å². The second-order valence-electron chi connectivity index (χ2n) is 4.53. The smallest absolute Gasteiger partial charge is 0.255 e. The second kappa shape index (κ2) is 4.77. The molecule has 0 aromatic heterocycles. The van der Waals surface area contributed by atoms with Crippen LogP contribution in [0, 0.1) is 0 Å².